The highest BCUT2D eigenvalue weighted by atomic mass is 16.5. The average molecular weight is 416 g/mol. The summed E-state index contributed by atoms with van der Waals surface area (Å²) in [6, 6.07) is 3.66. The van der Waals surface area contributed by atoms with Gasteiger partial charge in [-0.15, -0.1) is 0 Å². The number of fused-ring (bicyclic) bond motifs is 1. The third kappa shape index (κ3) is 4.73. The fourth-order valence-corrected chi connectivity index (χ4v) is 5.30. The van der Waals surface area contributed by atoms with Crippen LogP contribution in [-0.4, -0.2) is 65.3 Å². The van der Waals surface area contributed by atoms with E-state index < -0.39 is 0 Å². The minimum atomic E-state index is -0.250. The van der Waals surface area contributed by atoms with E-state index in [1.807, 2.05) is 19.1 Å². The lowest BCUT2D eigenvalue weighted by Crippen LogP contribution is -2.42. The van der Waals surface area contributed by atoms with E-state index in [0.29, 0.717) is 30.0 Å². The Hall–Kier alpha value is -2.25. The van der Waals surface area contributed by atoms with Crippen molar-refractivity contribution >= 4 is 12.4 Å². The summed E-state index contributed by atoms with van der Waals surface area (Å²) >= 11 is 0. The van der Waals surface area contributed by atoms with Crippen molar-refractivity contribution in [2.75, 3.05) is 26.2 Å². The molecule has 1 aromatic heterocycles. The maximum Gasteiger partial charge on any atom is 0.290 e. The highest BCUT2D eigenvalue weighted by molar-refractivity contribution is 5.95. The maximum atomic E-state index is 12.6. The van der Waals surface area contributed by atoms with Gasteiger partial charge in [-0.2, -0.15) is 0 Å². The van der Waals surface area contributed by atoms with E-state index in [1.54, 1.807) is 6.20 Å². The molecule has 7 heteroatoms. The molecule has 0 saturated carbocycles. The maximum absolute atomic E-state index is 12.6. The number of ether oxygens (including phenoxy) is 1. The van der Waals surface area contributed by atoms with Crippen LogP contribution >= 0.6 is 0 Å². The molecule has 3 aliphatic heterocycles. The van der Waals surface area contributed by atoms with Crippen LogP contribution < -0.4 is 5.32 Å². The van der Waals surface area contributed by atoms with E-state index in [-0.39, 0.29) is 18.0 Å². The Kier molecular flexibility index (Phi) is 7.26. The molecule has 0 aliphatic carbocycles. The van der Waals surface area contributed by atoms with E-state index in [4.69, 9.17) is 14.6 Å². The highest BCUT2D eigenvalue weighted by Gasteiger charge is 2.62. The Morgan fingerprint density at radius 2 is 2.23 bits per heavy atom. The van der Waals surface area contributed by atoms with Gasteiger partial charge in [-0.05, 0) is 52.2 Å². The van der Waals surface area contributed by atoms with Crippen molar-refractivity contribution in [3.8, 4) is 0 Å². The molecule has 1 amide bonds. The van der Waals surface area contributed by atoms with Crippen LogP contribution in [0.1, 0.15) is 49.2 Å². The number of carbonyl (C=O) groups is 2. The number of nitrogens with zero attached hydrogens (tertiary/aromatic N) is 2. The summed E-state index contributed by atoms with van der Waals surface area (Å²) in [4.78, 5) is 27.7. The zero-order valence-electron chi connectivity index (χ0n) is 18.1. The van der Waals surface area contributed by atoms with Gasteiger partial charge in [0.25, 0.3) is 12.4 Å². The van der Waals surface area contributed by atoms with E-state index in [1.165, 1.54) is 12.0 Å². The lowest BCUT2D eigenvalue weighted by Gasteiger charge is -2.29. The standard InChI is InChI=1S/C22H31N3O2.CH2O2/c1-15(2)6-5-11-25-13-19-18(20-8-9-22(19,14-25)27-20)12-24-21(26)17-7-4-10-23-16(17)3;2-1-3/h4,6-7,10,18-20H,5,8-9,11-14H2,1-3H3,(H,24,26);1H,(H,2,3)/t18-,19+,20+,22+;/m0./s1. The Balaban J connectivity index is 0.000000806. The van der Waals surface area contributed by atoms with Crippen LogP contribution in [0.15, 0.2) is 30.0 Å². The van der Waals surface area contributed by atoms with Gasteiger partial charge in [-0.3, -0.25) is 19.5 Å². The number of nitrogens with one attached hydrogen (secondary N) is 1. The van der Waals surface area contributed by atoms with Crippen LogP contribution in [0.25, 0.3) is 0 Å². The lowest BCUT2D eigenvalue weighted by molar-refractivity contribution is -0.122. The van der Waals surface area contributed by atoms with Crippen molar-refractivity contribution < 1.29 is 19.4 Å². The molecule has 4 atom stereocenters. The molecule has 30 heavy (non-hydrogen) atoms. The minimum Gasteiger partial charge on any atom is -0.483 e. The molecule has 164 valence electrons. The zero-order valence-corrected chi connectivity index (χ0v) is 18.1. The predicted molar refractivity (Wildman–Crippen MR) is 114 cm³/mol. The van der Waals surface area contributed by atoms with Gasteiger partial charge < -0.3 is 15.2 Å². The Morgan fingerprint density at radius 1 is 1.47 bits per heavy atom. The van der Waals surface area contributed by atoms with Crippen molar-refractivity contribution in [3.05, 3.63) is 41.2 Å². The Morgan fingerprint density at radius 3 is 2.93 bits per heavy atom. The van der Waals surface area contributed by atoms with E-state index in [0.717, 1.165) is 38.2 Å². The molecule has 3 fully saturated rings. The van der Waals surface area contributed by atoms with Crippen molar-refractivity contribution in [1.29, 1.82) is 0 Å². The van der Waals surface area contributed by atoms with Crippen LogP contribution in [0.3, 0.4) is 0 Å². The molecule has 0 unspecified atom stereocenters. The molecule has 1 spiro atoms. The molecule has 4 heterocycles. The molecule has 0 aromatic carbocycles. The Bertz CT molecular complexity index is 792. The number of hydrogen-bond donors (Lipinski definition) is 2. The number of allylic oxidation sites excluding steroid dienone is 1. The number of hydrogen-bond acceptors (Lipinski definition) is 5. The molecule has 2 N–H and O–H groups in total. The summed E-state index contributed by atoms with van der Waals surface area (Å²) in [5, 5.41) is 10.1. The van der Waals surface area contributed by atoms with Gasteiger partial charge in [0.15, 0.2) is 0 Å². The van der Waals surface area contributed by atoms with Gasteiger partial charge in [0, 0.05) is 49.9 Å². The first-order chi connectivity index (χ1) is 14.4. The number of rotatable bonds is 6. The molecule has 7 nitrogen and oxygen atoms in total. The Labute approximate surface area is 178 Å². The first kappa shape index (κ1) is 22.4. The highest BCUT2D eigenvalue weighted by Crippen LogP contribution is 2.54. The summed E-state index contributed by atoms with van der Waals surface area (Å²) in [6.45, 7) is 9.90. The number of aryl methyl sites for hydroxylation is 1. The third-order valence-electron chi connectivity index (χ3n) is 6.60. The largest absolute Gasteiger partial charge is 0.483 e. The van der Waals surface area contributed by atoms with Crippen LogP contribution in [0.4, 0.5) is 0 Å². The topological polar surface area (TPSA) is 91.8 Å². The predicted octanol–water partition coefficient (Wildman–Crippen LogP) is 2.66. The SMILES string of the molecule is CC(C)=CCCN1C[C@@H]2[C@H](CNC(=O)c3cccnc3C)[C@H]3CC[C@]2(C1)O3.O=CO. The number of likely N-dealkylation sites (tertiary alicyclic amines) is 1. The molecule has 4 rings (SSSR count). The smallest absolute Gasteiger partial charge is 0.290 e. The second-order valence-corrected chi connectivity index (χ2v) is 8.79. The fourth-order valence-electron chi connectivity index (χ4n) is 5.30. The van der Waals surface area contributed by atoms with Crippen LogP contribution in [0, 0.1) is 18.8 Å². The molecule has 3 saturated heterocycles. The normalized spacial score (nSPS) is 29.0. The number of pyridine rings is 1. The van der Waals surface area contributed by atoms with E-state index >= 15 is 0 Å². The lowest BCUT2D eigenvalue weighted by atomic mass is 9.73. The summed E-state index contributed by atoms with van der Waals surface area (Å²) < 4.78 is 6.50. The van der Waals surface area contributed by atoms with Crippen molar-refractivity contribution in [1.82, 2.24) is 15.2 Å². The number of carbonyl (C=O) groups excluding carboxylic acids is 1. The number of carboxylic acid groups (broad SMARTS) is 1. The van der Waals surface area contributed by atoms with Crippen molar-refractivity contribution in [2.45, 2.75) is 51.7 Å². The molecule has 3 aliphatic rings. The molecule has 1 aromatic rings. The summed E-state index contributed by atoms with van der Waals surface area (Å²) in [5.74, 6) is 0.946. The zero-order chi connectivity index (χ0) is 21.7. The third-order valence-corrected chi connectivity index (χ3v) is 6.60. The molecular formula is C23H33N3O4. The average Bonchev–Trinajstić information content (AvgIpc) is 3.35. The van der Waals surface area contributed by atoms with Gasteiger partial charge in [0.1, 0.15) is 0 Å². The monoisotopic (exact) mass is 415 g/mol. The van der Waals surface area contributed by atoms with Crippen LogP contribution in [-0.2, 0) is 9.53 Å². The second-order valence-electron chi connectivity index (χ2n) is 8.79. The van der Waals surface area contributed by atoms with E-state index in [2.05, 4.69) is 35.1 Å². The fraction of sp³-hybridized carbons (Fsp3) is 0.609. The van der Waals surface area contributed by atoms with Crippen LogP contribution in [0.5, 0.6) is 0 Å². The van der Waals surface area contributed by atoms with Crippen molar-refractivity contribution in [3.63, 3.8) is 0 Å². The van der Waals surface area contributed by atoms with Crippen molar-refractivity contribution in [2.24, 2.45) is 11.8 Å². The van der Waals surface area contributed by atoms with Gasteiger partial charge >= 0.3 is 0 Å². The first-order valence-corrected chi connectivity index (χ1v) is 10.7. The second kappa shape index (κ2) is 9.71. The van der Waals surface area contributed by atoms with Crippen LogP contribution in [0.2, 0.25) is 0 Å². The quantitative estimate of drug-likeness (QED) is 0.548. The summed E-state index contributed by atoms with van der Waals surface area (Å²) in [5.41, 5.74) is 2.87. The first-order valence-electron chi connectivity index (χ1n) is 10.7. The molecular weight excluding hydrogens is 382 g/mol. The molecule has 2 bridgehead atoms. The summed E-state index contributed by atoms with van der Waals surface area (Å²) in [7, 11) is 0. The van der Waals surface area contributed by atoms with Gasteiger partial charge in [0.2, 0.25) is 0 Å². The van der Waals surface area contributed by atoms with Gasteiger partial charge in [-0.1, -0.05) is 11.6 Å². The minimum absolute atomic E-state index is 0.0177. The summed E-state index contributed by atoms with van der Waals surface area (Å²) in [6.07, 6.45) is 7.76. The van der Waals surface area contributed by atoms with Gasteiger partial charge in [0.05, 0.1) is 17.3 Å². The molecule has 0 radical (unpaired) electrons. The number of aromatic nitrogens is 1. The van der Waals surface area contributed by atoms with Gasteiger partial charge in [-0.25, -0.2) is 0 Å². The number of amides is 1. The van der Waals surface area contributed by atoms with E-state index in [9.17, 15) is 4.79 Å².